The van der Waals surface area contributed by atoms with Crippen molar-refractivity contribution in [2.75, 3.05) is 0 Å². The van der Waals surface area contributed by atoms with E-state index in [1.165, 1.54) is 12.8 Å². The minimum atomic E-state index is 0. The standard InChI is InChI=1S/C7H14.H3N/c1-4-7(5-2)6-3;/h4H,5-6H2,1-3H3;1H3. The van der Waals surface area contributed by atoms with Crippen molar-refractivity contribution in [2.24, 2.45) is 0 Å². The summed E-state index contributed by atoms with van der Waals surface area (Å²) < 4.78 is 0. The van der Waals surface area contributed by atoms with Crippen LogP contribution in [0, 0.1) is 0 Å². The Hall–Kier alpha value is -0.300. The molecule has 0 unspecified atom stereocenters. The molecule has 0 aromatic rings. The van der Waals surface area contributed by atoms with Gasteiger partial charge >= 0.3 is 0 Å². The Morgan fingerprint density at radius 2 is 1.62 bits per heavy atom. The third-order valence-electron chi connectivity index (χ3n) is 1.32. The summed E-state index contributed by atoms with van der Waals surface area (Å²) >= 11 is 0. The van der Waals surface area contributed by atoms with Crippen LogP contribution in [0.2, 0.25) is 0 Å². The fraction of sp³-hybridized carbons (Fsp3) is 0.714. The number of rotatable bonds is 2. The largest absolute Gasteiger partial charge is 0.344 e. The van der Waals surface area contributed by atoms with Crippen LogP contribution in [-0.4, -0.2) is 0 Å². The van der Waals surface area contributed by atoms with Crippen LogP contribution in [0.3, 0.4) is 0 Å². The van der Waals surface area contributed by atoms with E-state index in [-0.39, 0.29) is 6.15 Å². The summed E-state index contributed by atoms with van der Waals surface area (Å²) in [6, 6.07) is 0. The van der Waals surface area contributed by atoms with Crippen LogP contribution in [-0.2, 0) is 0 Å². The van der Waals surface area contributed by atoms with Crippen molar-refractivity contribution in [3.63, 3.8) is 0 Å². The first kappa shape index (κ1) is 10.6. The van der Waals surface area contributed by atoms with E-state index in [4.69, 9.17) is 0 Å². The highest BCUT2D eigenvalue weighted by molar-refractivity contribution is 4.97. The summed E-state index contributed by atoms with van der Waals surface area (Å²) in [6.45, 7) is 6.49. The zero-order valence-electron chi connectivity index (χ0n) is 6.20. The molecule has 0 radical (unpaired) electrons. The molecule has 0 aliphatic rings. The first-order valence-electron chi connectivity index (χ1n) is 2.99. The highest BCUT2D eigenvalue weighted by Gasteiger charge is 1.82. The van der Waals surface area contributed by atoms with Crippen molar-refractivity contribution in [1.82, 2.24) is 6.15 Å². The van der Waals surface area contributed by atoms with Gasteiger partial charge in [0.2, 0.25) is 0 Å². The molecule has 0 amide bonds. The minimum Gasteiger partial charge on any atom is -0.344 e. The lowest BCUT2D eigenvalue weighted by Gasteiger charge is -1.93. The zero-order chi connectivity index (χ0) is 5.70. The maximum absolute atomic E-state index is 2.19. The van der Waals surface area contributed by atoms with Gasteiger partial charge in [-0.1, -0.05) is 25.5 Å². The van der Waals surface area contributed by atoms with Gasteiger partial charge < -0.3 is 6.15 Å². The van der Waals surface area contributed by atoms with E-state index in [1.54, 1.807) is 5.57 Å². The summed E-state index contributed by atoms with van der Waals surface area (Å²) in [4.78, 5) is 0. The average Bonchev–Trinajstić information content (AvgIpc) is 1.72. The van der Waals surface area contributed by atoms with Gasteiger partial charge in [-0.3, -0.25) is 0 Å². The molecule has 1 nitrogen and oxygen atoms in total. The topological polar surface area (TPSA) is 35.0 Å². The molecule has 0 bridgehead atoms. The van der Waals surface area contributed by atoms with Gasteiger partial charge in [0.05, 0.1) is 0 Å². The van der Waals surface area contributed by atoms with Gasteiger partial charge in [-0.25, -0.2) is 0 Å². The van der Waals surface area contributed by atoms with E-state index < -0.39 is 0 Å². The Morgan fingerprint density at radius 3 is 1.62 bits per heavy atom. The van der Waals surface area contributed by atoms with E-state index in [1.807, 2.05) is 0 Å². The third kappa shape index (κ3) is 3.88. The molecule has 0 aromatic heterocycles. The first-order chi connectivity index (χ1) is 3.35. The van der Waals surface area contributed by atoms with E-state index in [9.17, 15) is 0 Å². The van der Waals surface area contributed by atoms with Crippen LogP contribution in [0.15, 0.2) is 11.6 Å². The maximum atomic E-state index is 2.19. The van der Waals surface area contributed by atoms with Gasteiger partial charge in [-0.2, -0.15) is 0 Å². The Balaban J connectivity index is 0. The van der Waals surface area contributed by atoms with Crippen LogP contribution in [0.5, 0.6) is 0 Å². The third-order valence-corrected chi connectivity index (χ3v) is 1.32. The van der Waals surface area contributed by atoms with Gasteiger partial charge in [0.25, 0.3) is 0 Å². The Labute approximate surface area is 52.4 Å². The average molecular weight is 115 g/mol. The minimum absolute atomic E-state index is 0. The number of hydrogen-bond donors (Lipinski definition) is 1. The fourth-order valence-corrected chi connectivity index (χ4v) is 0.658. The molecule has 0 aromatic carbocycles. The fourth-order valence-electron chi connectivity index (χ4n) is 0.658. The smallest absolute Gasteiger partial charge is 0.0349 e. The van der Waals surface area contributed by atoms with Crippen molar-refractivity contribution >= 4 is 0 Å². The highest BCUT2D eigenvalue weighted by atomic mass is 14.0. The predicted octanol–water partition coefficient (Wildman–Crippen LogP) is 2.91. The highest BCUT2D eigenvalue weighted by Crippen LogP contribution is 2.02. The van der Waals surface area contributed by atoms with Gasteiger partial charge in [0.1, 0.15) is 0 Å². The van der Waals surface area contributed by atoms with Crippen molar-refractivity contribution in [2.45, 2.75) is 33.6 Å². The van der Waals surface area contributed by atoms with Crippen LogP contribution < -0.4 is 6.15 Å². The van der Waals surface area contributed by atoms with Gasteiger partial charge in [0, 0.05) is 0 Å². The summed E-state index contributed by atoms with van der Waals surface area (Å²) in [5.74, 6) is 0. The van der Waals surface area contributed by atoms with E-state index in [0.29, 0.717) is 0 Å². The summed E-state index contributed by atoms with van der Waals surface area (Å²) in [7, 11) is 0. The Kier molecular flexibility index (Phi) is 8.91. The first-order valence-corrected chi connectivity index (χ1v) is 2.99. The molecule has 1 heteroatoms. The Bertz CT molecular complexity index is 58.8. The number of allylic oxidation sites excluding steroid dienone is 2. The molecule has 0 rings (SSSR count). The maximum Gasteiger partial charge on any atom is -0.0349 e. The van der Waals surface area contributed by atoms with Crippen molar-refractivity contribution < 1.29 is 0 Å². The normalized spacial score (nSPS) is 7.38. The van der Waals surface area contributed by atoms with Gasteiger partial charge in [-0.05, 0) is 19.8 Å². The Morgan fingerprint density at radius 1 is 1.25 bits per heavy atom. The van der Waals surface area contributed by atoms with Crippen molar-refractivity contribution in [3.8, 4) is 0 Å². The van der Waals surface area contributed by atoms with Crippen LogP contribution in [0.25, 0.3) is 0 Å². The predicted molar refractivity (Wildman–Crippen MR) is 39.4 cm³/mol. The quantitative estimate of drug-likeness (QED) is 0.552. The second-order valence-corrected chi connectivity index (χ2v) is 1.65. The molecule has 0 saturated heterocycles. The molecule has 0 spiro atoms. The molecule has 3 N–H and O–H groups in total. The molecule has 0 atom stereocenters. The van der Waals surface area contributed by atoms with E-state index >= 15 is 0 Å². The second-order valence-electron chi connectivity index (χ2n) is 1.65. The molecule has 0 heterocycles. The molecule has 0 aliphatic heterocycles. The SMILES string of the molecule is CC=C(CC)CC.N. The molecular weight excluding hydrogens is 98.1 g/mol. The molecule has 0 saturated carbocycles. The summed E-state index contributed by atoms with van der Waals surface area (Å²) in [5, 5.41) is 0. The van der Waals surface area contributed by atoms with Crippen molar-refractivity contribution in [3.05, 3.63) is 11.6 Å². The van der Waals surface area contributed by atoms with Crippen LogP contribution >= 0.6 is 0 Å². The summed E-state index contributed by atoms with van der Waals surface area (Å²) in [6.07, 6.45) is 4.62. The molecular formula is C7H17N. The lowest BCUT2D eigenvalue weighted by molar-refractivity contribution is 0.972. The molecule has 0 aliphatic carbocycles. The summed E-state index contributed by atoms with van der Waals surface area (Å²) in [5.41, 5.74) is 1.56. The lowest BCUT2D eigenvalue weighted by atomic mass is 10.1. The number of hydrogen-bond acceptors (Lipinski definition) is 1. The van der Waals surface area contributed by atoms with Crippen LogP contribution in [0.4, 0.5) is 0 Å². The molecule has 8 heavy (non-hydrogen) atoms. The van der Waals surface area contributed by atoms with Crippen molar-refractivity contribution in [1.29, 1.82) is 0 Å². The zero-order valence-corrected chi connectivity index (χ0v) is 6.20. The second kappa shape index (κ2) is 6.70. The van der Waals surface area contributed by atoms with E-state index in [2.05, 4.69) is 26.8 Å². The van der Waals surface area contributed by atoms with E-state index in [0.717, 1.165) is 0 Å². The van der Waals surface area contributed by atoms with Crippen LogP contribution in [0.1, 0.15) is 33.6 Å². The molecule has 0 fully saturated rings. The van der Waals surface area contributed by atoms with Gasteiger partial charge in [-0.15, -0.1) is 0 Å². The lowest BCUT2D eigenvalue weighted by Crippen LogP contribution is -1.72. The monoisotopic (exact) mass is 115 g/mol. The van der Waals surface area contributed by atoms with Gasteiger partial charge in [0.15, 0.2) is 0 Å². The molecule has 50 valence electrons.